The van der Waals surface area contributed by atoms with Crippen molar-refractivity contribution in [3.05, 3.63) is 0 Å². The summed E-state index contributed by atoms with van der Waals surface area (Å²) in [6.07, 6.45) is 7.89. The molecule has 1 amide bonds. The normalized spacial score (nSPS) is 33.3. The molecule has 0 aliphatic heterocycles. The van der Waals surface area contributed by atoms with E-state index in [0.29, 0.717) is 6.04 Å². The maximum absolute atomic E-state index is 11.8. The average Bonchev–Trinajstić information content (AvgIpc) is 2.41. The largest absolute Gasteiger partial charge is 0.444 e. The highest BCUT2D eigenvalue weighted by atomic mass is 16.6. The predicted octanol–water partition coefficient (Wildman–Crippen LogP) is 2.72. The Kier molecular flexibility index (Phi) is 6.09. The summed E-state index contributed by atoms with van der Waals surface area (Å²) in [6.45, 7) is 5.63. The summed E-state index contributed by atoms with van der Waals surface area (Å²) >= 11 is 0. The van der Waals surface area contributed by atoms with Crippen molar-refractivity contribution in [2.75, 3.05) is 0 Å². The Morgan fingerprint density at radius 2 is 1.59 bits per heavy atom. The van der Waals surface area contributed by atoms with Gasteiger partial charge in [-0.25, -0.2) is 4.79 Å². The van der Waals surface area contributed by atoms with Gasteiger partial charge in [0.05, 0.1) is 6.10 Å². The molecule has 2 rings (SSSR count). The molecule has 2 unspecified atom stereocenters. The molecule has 2 saturated carbocycles. The van der Waals surface area contributed by atoms with Gasteiger partial charge in [-0.05, 0) is 59.3 Å². The Morgan fingerprint density at radius 3 is 2.18 bits per heavy atom. The fourth-order valence-electron chi connectivity index (χ4n) is 3.49. The van der Waals surface area contributed by atoms with Crippen LogP contribution < -0.4 is 10.6 Å². The molecule has 0 aromatic heterocycles. The maximum atomic E-state index is 11.8. The summed E-state index contributed by atoms with van der Waals surface area (Å²) in [5.41, 5.74) is -0.444. The van der Waals surface area contributed by atoms with E-state index in [4.69, 9.17) is 4.74 Å². The highest BCUT2D eigenvalue weighted by Gasteiger charge is 2.29. The first kappa shape index (κ1) is 17.5. The molecular weight excluding hydrogens is 280 g/mol. The zero-order chi connectivity index (χ0) is 16.2. The molecule has 2 fully saturated rings. The van der Waals surface area contributed by atoms with Crippen LogP contribution in [0.4, 0.5) is 4.79 Å². The first-order valence-corrected chi connectivity index (χ1v) is 8.77. The third-order valence-corrected chi connectivity index (χ3v) is 4.63. The molecule has 128 valence electrons. The summed E-state index contributed by atoms with van der Waals surface area (Å²) in [7, 11) is 0. The van der Waals surface area contributed by atoms with Crippen LogP contribution in [0, 0.1) is 0 Å². The molecule has 0 aromatic rings. The van der Waals surface area contributed by atoms with Gasteiger partial charge in [-0.15, -0.1) is 0 Å². The van der Waals surface area contributed by atoms with E-state index in [1.54, 1.807) is 0 Å². The number of carbonyl (C=O) groups excluding carboxylic acids is 1. The van der Waals surface area contributed by atoms with Crippen LogP contribution in [0.3, 0.4) is 0 Å². The standard InChI is InChI=1S/C17H32N2O3/c1-17(2,3)22-16(21)19-13-10-8-12(9-11-13)18-14-6-4-5-7-15(14)20/h12-15,18,20H,4-11H2,1-3H3,(H,19,21). The third kappa shape index (κ3) is 5.76. The molecule has 0 heterocycles. The van der Waals surface area contributed by atoms with Gasteiger partial charge in [0.25, 0.3) is 0 Å². The van der Waals surface area contributed by atoms with Gasteiger partial charge < -0.3 is 20.5 Å². The van der Waals surface area contributed by atoms with Gasteiger partial charge >= 0.3 is 6.09 Å². The molecule has 2 atom stereocenters. The number of hydrogen-bond acceptors (Lipinski definition) is 4. The van der Waals surface area contributed by atoms with Crippen molar-refractivity contribution in [2.45, 2.75) is 102 Å². The van der Waals surface area contributed by atoms with E-state index in [1.807, 2.05) is 20.8 Å². The lowest BCUT2D eigenvalue weighted by Crippen LogP contribution is -2.50. The number of rotatable bonds is 3. The van der Waals surface area contributed by atoms with Gasteiger partial charge in [0.1, 0.15) is 5.60 Å². The van der Waals surface area contributed by atoms with Gasteiger partial charge in [0.2, 0.25) is 0 Å². The summed E-state index contributed by atoms with van der Waals surface area (Å²) < 4.78 is 5.30. The van der Waals surface area contributed by atoms with Crippen LogP contribution in [0.15, 0.2) is 0 Å². The van der Waals surface area contributed by atoms with Gasteiger partial charge in [0.15, 0.2) is 0 Å². The lowest BCUT2D eigenvalue weighted by molar-refractivity contribution is 0.0484. The SMILES string of the molecule is CC(C)(C)OC(=O)NC1CCC(NC2CCCCC2O)CC1. The maximum Gasteiger partial charge on any atom is 0.407 e. The van der Waals surface area contributed by atoms with Gasteiger partial charge in [-0.2, -0.15) is 0 Å². The Bertz CT molecular complexity index is 359. The third-order valence-electron chi connectivity index (χ3n) is 4.63. The lowest BCUT2D eigenvalue weighted by Gasteiger charge is -2.36. The number of aliphatic hydroxyl groups is 1. The van der Waals surface area contributed by atoms with Crippen LogP contribution >= 0.6 is 0 Å². The number of aliphatic hydroxyl groups excluding tert-OH is 1. The average molecular weight is 312 g/mol. The Labute approximate surface area is 134 Å². The number of alkyl carbamates (subject to hydrolysis) is 1. The fraction of sp³-hybridized carbons (Fsp3) is 0.941. The quantitative estimate of drug-likeness (QED) is 0.749. The zero-order valence-corrected chi connectivity index (χ0v) is 14.2. The molecule has 0 aromatic carbocycles. The molecule has 22 heavy (non-hydrogen) atoms. The number of hydrogen-bond donors (Lipinski definition) is 3. The van der Waals surface area contributed by atoms with Crippen molar-refractivity contribution >= 4 is 6.09 Å². The highest BCUT2D eigenvalue weighted by molar-refractivity contribution is 5.68. The van der Waals surface area contributed by atoms with Crippen molar-refractivity contribution in [3.8, 4) is 0 Å². The van der Waals surface area contributed by atoms with E-state index in [2.05, 4.69) is 10.6 Å². The minimum Gasteiger partial charge on any atom is -0.444 e. The van der Waals surface area contributed by atoms with Gasteiger partial charge in [-0.1, -0.05) is 12.8 Å². The Morgan fingerprint density at radius 1 is 1.00 bits per heavy atom. The first-order chi connectivity index (χ1) is 10.3. The van der Waals surface area contributed by atoms with Crippen LogP contribution in [-0.2, 0) is 4.74 Å². The van der Waals surface area contributed by atoms with Crippen LogP contribution in [0.2, 0.25) is 0 Å². The highest BCUT2D eigenvalue weighted by Crippen LogP contribution is 2.24. The summed E-state index contributed by atoms with van der Waals surface area (Å²) in [6, 6.07) is 0.938. The number of carbonyl (C=O) groups is 1. The molecule has 0 radical (unpaired) electrons. The summed E-state index contributed by atoms with van der Waals surface area (Å²) in [5.74, 6) is 0. The molecule has 3 N–H and O–H groups in total. The Hall–Kier alpha value is -0.810. The van der Waals surface area contributed by atoms with Crippen LogP contribution in [0.5, 0.6) is 0 Å². The van der Waals surface area contributed by atoms with Crippen LogP contribution in [0.1, 0.15) is 72.1 Å². The van der Waals surface area contributed by atoms with E-state index in [0.717, 1.165) is 44.9 Å². The van der Waals surface area contributed by atoms with Gasteiger partial charge in [-0.3, -0.25) is 0 Å². The molecule has 0 saturated heterocycles. The smallest absolute Gasteiger partial charge is 0.407 e. The second-order valence-electron chi connectivity index (χ2n) is 7.82. The second-order valence-corrected chi connectivity index (χ2v) is 7.82. The second kappa shape index (κ2) is 7.64. The van der Waals surface area contributed by atoms with E-state index >= 15 is 0 Å². The van der Waals surface area contributed by atoms with E-state index in [-0.39, 0.29) is 24.3 Å². The zero-order valence-electron chi connectivity index (χ0n) is 14.2. The lowest BCUT2D eigenvalue weighted by atomic mass is 9.87. The van der Waals surface area contributed by atoms with E-state index < -0.39 is 5.60 Å². The first-order valence-electron chi connectivity index (χ1n) is 8.77. The number of ether oxygens (including phenoxy) is 1. The number of nitrogens with one attached hydrogen (secondary N) is 2. The molecule has 5 nitrogen and oxygen atoms in total. The predicted molar refractivity (Wildman–Crippen MR) is 86.8 cm³/mol. The minimum atomic E-state index is -0.444. The van der Waals surface area contributed by atoms with E-state index in [1.165, 1.54) is 6.42 Å². The molecule has 5 heteroatoms. The topological polar surface area (TPSA) is 70.6 Å². The molecule has 2 aliphatic carbocycles. The molecule has 0 bridgehead atoms. The molecule has 0 spiro atoms. The van der Waals surface area contributed by atoms with E-state index in [9.17, 15) is 9.90 Å². The molecular formula is C17H32N2O3. The van der Waals surface area contributed by atoms with Crippen molar-refractivity contribution in [3.63, 3.8) is 0 Å². The van der Waals surface area contributed by atoms with Crippen molar-refractivity contribution in [1.29, 1.82) is 0 Å². The number of amides is 1. The van der Waals surface area contributed by atoms with Crippen molar-refractivity contribution in [1.82, 2.24) is 10.6 Å². The minimum absolute atomic E-state index is 0.189. The van der Waals surface area contributed by atoms with Crippen molar-refractivity contribution < 1.29 is 14.6 Å². The molecule has 2 aliphatic rings. The summed E-state index contributed by atoms with van der Waals surface area (Å²) in [5, 5.41) is 16.6. The Balaban J connectivity index is 1.68. The van der Waals surface area contributed by atoms with Crippen LogP contribution in [-0.4, -0.2) is 41.0 Å². The summed E-state index contributed by atoms with van der Waals surface area (Å²) in [4.78, 5) is 11.8. The van der Waals surface area contributed by atoms with Crippen molar-refractivity contribution in [2.24, 2.45) is 0 Å². The monoisotopic (exact) mass is 312 g/mol. The van der Waals surface area contributed by atoms with Gasteiger partial charge in [0, 0.05) is 18.1 Å². The van der Waals surface area contributed by atoms with Crippen LogP contribution in [0.25, 0.3) is 0 Å². The fourth-order valence-corrected chi connectivity index (χ4v) is 3.49.